The van der Waals surface area contributed by atoms with Gasteiger partial charge in [0.1, 0.15) is 0 Å². The zero-order valence-electron chi connectivity index (χ0n) is 12.0. The van der Waals surface area contributed by atoms with Gasteiger partial charge in [-0.3, -0.25) is 0 Å². The van der Waals surface area contributed by atoms with Gasteiger partial charge in [0, 0.05) is 16.2 Å². The Balaban J connectivity index is 2.16. The van der Waals surface area contributed by atoms with E-state index >= 15 is 0 Å². The van der Waals surface area contributed by atoms with Crippen LogP contribution in [0.4, 0.5) is 5.69 Å². The van der Waals surface area contributed by atoms with Crippen LogP contribution in [-0.2, 0) is 0 Å². The number of thioether (sulfide) groups is 1. The maximum absolute atomic E-state index is 3.40. The van der Waals surface area contributed by atoms with E-state index in [2.05, 4.69) is 80.1 Å². The lowest BCUT2D eigenvalue weighted by Crippen LogP contribution is -2.14. The van der Waals surface area contributed by atoms with Gasteiger partial charge < -0.3 is 4.90 Å². The van der Waals surface area contributed by atoms with Crippen molar-refractivity contribution in [3.63, 3.8) is 0 Å². The summed E-state index contributed by atoms with van der Waals surface area (Å²) in [5.74, 6) is 3.40. The van der Waals surface area contributed by atoms with Gasteiger partial charge in [0.15, 0.2) is 5.88 Å². The van der Waals surface area contributed by atoms with E-state index in [1.807, 2.05) is 0 Å². The van der Waals surface area contributed by atoms with E-state index in [-0.39, 0.29) is 0 Å². The minimum atomic E-state index is 1.24. The number of aryl methyl sites for hydroxylation is 1. The molecule has 1 heterocycles. The van der Waals surface area contributed by atoms with Gasteiger partial charge in [0.2, 0.25) is 0 Å². The van der Waals surface area contributed by atoms with Crippen molar-refractivity contribution in [2.45, 2.75) is 20.8 Å². The standard InChI is InChI=1S/C18H17NS/c1-13-8-7-11-17(16-9-5-4-6-10-16)18(13)19-12-20-15(3)14(19)2/h4-11H,1-3H3. The Morgan fingerprint density at radius 1 is 0.900 bits per heavy atom. The summed E-state index contributed by atoms with van der Waals surface area (Å²) in [6.07, 6.45) is 0. The smallest absolute Gasteiger partial charge is 0.168 e. The Morgan fingerprint density at radius 3 is 2.30 bits per heavy atom. The van der Waals surface area contributed by atoms with Crippen molar-refractivity contribution < 1.29 is 0 Å². The number of para-hydroxylation sites is 1. The third-order valence-corrected chi connectivity index (χ3v) is 4.56. The summed E-state index contributed by atoms with van der Waals surface area (Å²) in [5, 5.41) is 0. The van der Waals surface area contributed by atoms with Crippen LogP contribution in [0, 0.1) is 12.8 Å². The molecule has 3 rings (SSSR count). The molecule has 0 atom stereocenters. The third kappa shape index (κ3) is 2.25. The second kappa shape index (κ2) is 5.37. The van der Waals surface area contributed by atoms with Crippen molar-refractivity contribution in [1.82, 2.24) is 0 Å². The van der Waals surface area contributed by atoms with E-state index in [1.165, 1.54) is 33.0 Å². The minimum absolute atomic E-state index is 1.24. The van der Waals surface area contributed by atoms with Gasteiger partial charge in [-0.2, -0.15) is 0 Å². The molecule has 0 amide bonds. The summed E-state index contributed by atoms with van der Waals surface area (Å²) >= 11 is 1.68. The lowest BCUT2D eigenvalue weighted by Gasteiger charge is -2.24. The van der Waals surface area contributed by atoms with E-state index in [0.29, 0.717) is 0 Å². The molecule has 0 saturated carbocycles. The number of hydrogen-bond acceptors (Lipinski definition) is 2. The van der Waals surface area contributed by atoms with Crippen molar-refractivity contribution in [2.24, 2.45) is 0 Å². The molecule has 1 nitrogen and oxygen atoms in total. The van der Waals surface area contributed by atoms with Crippen molar-refractivity contribution in [3.8, 4) is 11.1 Å². The highest BCUT2D eigenvalue weighted by atomic mass is 32.2. The SMILES string of the molecule is CC1=C(C)N(c2c(C)cccc2-c2ccccc2)[C]S1. The van der Waals surface area contributed by atoms with Crippen LogP contribution in [-0.4, -0.2) is 0 Å². The molecular formula is C18H17NS. The summed E-state index contributed by atoms with van der Waals surface area (Å²) in [6, 6.07) is 17.0. The molecule has 2 radical (unpaired) electrons. The average molecular weight is 279 g/mol. The summed E-state index contributed by atoms with van der Waals surface area (Å²) in [7, 11) is 0. The number of anilines is 1. The molecule has 2 aromatic carbocycles. The molecular weight excluding hydrogens is 262 g/mol. The molecule has 20 heavy (non-hydrogen) atoms. The van der Waals surface area contributed by atoms with Gasteiger partial charge in [-0.05, 0) is 31.9 Å². The first-order valence-corrected chi connectivity index (χ1v) is 7.55. The Kier molecular flexibility index (Phi) is 3.58. The molecule has 0 N–H and O–H groups in total. The molecule has 0 spiro atoms. The lowest BCUT2D eigenvalue weighted by atomic mass is 9.99. The van der Waals surface area contributed by atoms with Gasteiger partial charge in [0.25, 0.3) is 0 Å². The summed E-state index contributed by atoms with van der Waals surface area (Å²) in [4.78, 5) is 3.50. The predicted octanol–water partition coefficient (Wildman–Crippen LogP) is 5.46. The fourth-order valence-electron chi connectivity index (χ4n) is 2.43. The molecule has 0 aromatic heterocycles. The van der Waals surface area contributed by atoms with Crippen LogP contribution < -0.4 is 4.90 Å². The zero-order valence-corrected chi connectivity index (χ0v) is 12.8. The van der Waals surface area contributed by atoms with Gasteiger partial charge in [0.05, 0.1) is 5.69 Å². The topological polar surface area (TPSA) is 3.24 Å². The maximum Gasteiger partial charge on any atom is 0.168 e. The van der Waals surface area contributed by atoms with Crippen LogP contribution in [0.2, 0.25) is 0 Å². The molecule has 100 valence electrons. The van der Waals surface area contributed by atoms with Gasteiger partial charge in [-0.25, -0.2) is 0 Å². The van der Waals surface area contributed by atoms with Gasteiger partial charge in [-0.15, -0.1) is 0 Å². The molecule has 1 aliphatic rings. The quantitative estimate of drug-likeness (QED) is 0.717. The number of nitrogens with zero attached hydrogens (tertiary/aromatic N) is 1. The van der Waals surface area contributed by atoms with Gasteiger partial charge >= 0.3 is 0 Å². The van der Waals surface area contributed by atoms with E-state index in [9.17, 15) is 0 Å². The summed E-state index contributed by atoms with van der Waals surface area (Å²) in [5.41, 5.74) is 6.28. The zero-order chi connectivity index (χ0) is 14.1. The van der Waals surface area contributed by atoms with Crippen LogP contribution in [0.3, 0.4) is 0 Å². The normalized spacial score (nSPS) is 15.1. The first kappa shape index (κ1) is 13.3. The van der Waals surface area contributed by atoms with Crippen LogP contribution in [0.5, 0.6) is 0 Å². The molecule has 2 heteroatoms. The average Bonchev–Trinajstić information content (AvgIpc) is 2.80. The number of allylic oxidation sites excluding steroid dienone is 2. The molecule has 0 aliphatic carbocycles. The van der Waals surface area contributed by atoms with E-state index in [4.69, 9.17) is 0 Å². The van der Waals surface area contributed by atoms with Crippen molar-refractivity contribution in [2.75, 3.05) is 4.90 Å². The highest BCUT2D eigenvalue weighted by Crippen LogP contribution is 2.43. The highest BCUT2D eigenvalue weighted by Gasteiger charge is 2.23. The Morgan fingerprint density at radius 2 is 1.65 bits per heavy atom. The van der Waals surface area contributed by atoms with Gasteiger partial charge in [-0.1, -0.05) is 60.3 Å². The Labute approximate surface area is 125 Å². The van der Waals surface area contributed by atoms with Crippen LogP contribution in [0.1, 0.15) is 19.4 Å². The fourth-order valence-corrected chi connectivity index (χ4v) is 3.13. The number of hydrogen-bond donors (Lipinski definition) is 0. The number of benzene rings is 2. The van der Waals surface area contributed by atoms with Crippen LogP contribution in [0.15, 0.2) is 59.1 Å². The first-order valence-electron chi connectivity index (χ1n) is 6.73. The lowest BCUT2D eigenvalue weighted by molar-refractivity contribution is 1.12. The fraction of sp³-hybridized carbons (Fsp3) is 0.167. The van der Waals surface area contributed by atoms with E-state index in [1.54, 1.807) is 11.8 Å². The van der Waals surface area contributed by atoms with Crippen molar-refractivity contribution in [1.29, 1.82) is 0 Å². The predicted molar refractivity (Wildman–Crippen MR) is 88.3 cm³/mol. The van der Waals surface area contributed by atoms with E-state index in [0.717, 1.165) is 0 Å². The Hall–Kier alpha value is -1.67. The molecule has 0 unspecified atom stereocenters. The second-order valence-corrected chi connectivity index (χ2v) is 6.01. The maximum atomic E-state index is 3.40. The van der Waals surface area contributed by atoms with Crippen LogP contribution >= 0.6 is 11.8 Å². The Bertz CT molecular complexity index is 658. The molecule has 1 aliphatic heterocycles. The summed E-state index contributed by atoms with van der Waals surface area (Å²) in [6.45, 7) is 6.46. The molecule has 2 aromatic rings. The monoisotopic (exact) mass is 279 g/mol. The van der Waals surface area contributed by atoms with E-state index < -0.39 is 0 Å². The third-order valence-electron chi connectivity index (χ3n) is 3.68. The first-order chi connectivity index (χ1) is 9.68. The molecule has 0 bridgehead atoms. The van der Waals surface area contributed by atoms with Crippen molar-refractivity contribution >= 4 is 17.4 Å². The largest absolute Gasteiger partial charge is 0.322 e. The highest BCUT2D eigenvalue weighted by molar-refractivity contribution is 8.05. The number of rotatable bonds is 2. The summed E-state index contributed by atoms with van der Waals surface area (Å²) < 4.78 is 0. The van der Waals surface area contributed by atoms with Crippen molar-refractivity contribution in [3.05, 3.63) is 70.6 Å². The molecule has 0 fully saturated rings. The molecule has 0 saturated heterocycles. The second-order valence-electron chi connectivity index (χ2n) is 5.01. The minimum Gasteiger partial charge on any atom is -0.322 e. The van der Waals surface area contributed by atoms with Crippen LogP contribution in [0.25, 0.3) is 11.1 Å².